The van der Waals surface area contributed by atoms with Crippen LogP contribution < -0.4 is 9.46 Å². The van der Waals surface area contributed by atoms with E-state index in [0.717, 1.165) is 54.8 Å². The molecule has 1 aliphatic heterocycles. The number of amides is 1. The molecule has 1 aromatic rings. The Morgan fingerprint density at radius 3 is 2.51 bits per heavy atom. The molecule has 5 aliphatic carbocycles. The van der Waals surface area contributed by atoms with Gasteiger partial charge in [-0.15, -0.1) is 11.6 Å². The van der Waals surface area contributed by atoms with Gasteiger partial charge in [0.1, 0.15) is 11.6 Å². The maximum Gasteiger partial charge on any atom is 0.304 e. The highest BCUT2D eigenvalue weighted by Gasteiger charge is 2.57. The Morgan fingerprint density at radius 2 is 1.91 bits per heavy atom. The first-order chi connectivity index (χ1) is 16.5. The van der Waals surface area contributed by atoms with Crippen LogP contribution in [0.3, 0.4) is 0 Å². The normalized spacial score (nSPS) is 36.5. The number of alkyl halides is 1. The molecule has 192 valence electrons. The summed E-state index contributed by atoms with van der Waals surface area (Å²) in [7, 11) is -4.16. The molecular formula is C25H32ClFN2O5S. The van der Waals surface area contributed by atoms with E-state index in [0.29, 0.717) is 30.6 Å². The molecule has 35 heavy (non-hydrogen) atoms. The quantitative estimate of drug-likeness (QED) is 0.528. The maximum atomic E-state index is 15.1. The number of β-amino-alcohol motifs (C(OH)–C–C–N with tert-alkyl or cyclic N) is 1. The molecule has 3 atom stereocenters. The lowest BCUT2D eigenvalue weighted by molar-refractivity contribution is -0.0638. The van der Waals surface area contributed by atoms with Crippen LogP contribution in [-0.4, -0.2) is 54.4 Å². The fourth-order valence-electron chi connectivity index (χ4n) is 7.49. The summed E-state index contributed by atoms with van der Waals surface area (Å²) in [6.07, 6.45) is 7.93. The van der Waals surface area contributed by atoms with Gasteiger partial charge in [0.2, 0.25) is 0 Å². The topological polar surface area (TPSA) is 95.9 Å². The second-order valence-electron chi connectivity index (χ2n) is 11.8. The fraction of sp³-hybridized carbons (Fsp3) is 0.720. The number of hydrogen-bond acceptors (Lipinski definition) is 5. The van der Waals surface area contributed by atoms with Crippen molar-refractivity contribution in [3.8, 4) is 5.75 Å². The monoisotopic (exact) mass is 526 g/mol. The van der Waals surface area contributed by atoms with Gasteiger partial charge in [-0.3, -0.25) is 4.79 Å². The van der Waals surface area contributed by atoms with Crippen molar-refractivity contribution in [2.75, 3.05) is 19.7 Å². The molecule has 1 aromatic carbocycles. The molecule has 2 N–H and O–H groups in total. The minimum absolute atomic E-state index is 0.0214. The molecule has 0 radical (unpaired) electrons. The fourth-order valence-corrected chi connectivity index (χ4v) is 9.39. The number of carbonyl (C=O) groups excluding carboxylic acids is 1. The van der Waals surface area contributed by atoms with Crippen LogP contribution in [0, 0.1) is 23.1 Å². The highest BCUT2D eigenvalue weighted by atomic mass is 35.5. The van der Waals surface area contributed by atoms with Crippen molar-refractivity contribution in [3.05, 3.63) is 29.1 Å². The van der Waals surface area contributed by atoms with Crippen LogP contribution in [0.4, 0.5) is 4.39 Å². The van der Waals surface area contributed by atoms with Gasteiger partial charge >= 0.3 is 10.2 Å². The first-order valence-electron chi connectivity index (χ1n) is 12.7. The van der Waals surface area contributed by atoms with Crippen LogP contribution in [0.1, 0.15) is 79.6 Å². The second-order valence-corrected chi connectivity index (χ2v) is 14.3. The van der Waals surface area contributed by atoms with E-state index in [9.17, 15) is 18.3 Å². The van der Waals surface area contributed by atoms with Gasteiger partial charge in [0, 0.05) is 29.4 Å². The highest BCUT2D eigenvalue weighted by Crippen LogP contribution is 2.64. The largest absolute Gasteiger partial charge is 0.493 e. The highest BCUT2D eigenvalue weighted by molar-refractivity contribution is 7.87. The summed E-state index contributed by atoms with van der Waals surface area (Å²) < 4.78 is 49.4. The summed E-state index contributed by atoms with van der Waals surface area (Å²) >= 11 is 6.96. The summed E-state index contributed by atoms with van der Waals surface area (Å²) in [6.45, 7) is 0.516. The number of aliphatic hydroxyl groups excluding tert-OH is 1. The third-order valence-corrected chi connectivity index (χ3v) is 10.6. The van der Waals surface area contributed by atoms with E-state index in [-0.39, 0.29) is 34.9 Å². The van der Waals surface area contributed by atoms with Gasteiger partial charge in [0.05, 0.1) is 18.3 Å². The summed E-state index contributed by atoms with van der Waals surface area (Å²) in [5.41, 5.74) is 0.473. The average molecular weight is 527 g/mol. The molecule has 6 fully saturated rings. The predicted octanol–water partition coefficient (Wildman–Crippen LogP) is 3.70. The first kappa shape index (κ1) is 23.9. The molecule has 0 aromatic heterocycles. The lowest BCUT2D eigenvalue weighted by atomic mass is 9.49. The molecule has 6 aliphatic rings. The molecular weight excluding hydrogens is 495 g/mol. The molecule has 10 heteroatoms. The van der Waals surface area contributed by atoms with Crippen LogP contribution in [0.2, 0.25) is 0 Å². The third-order valence-electron chi connectivity index (χ3n) is 8.69. The van der Waals surface area contributed by atoms with Gasteiger partial charge in [0.15, 0.2) is 0 Å². The Morgan fingerprint density at radius 1 is 1.20 bits per heavy atom. The minimum atomic E-state index is -4.16. The Kier molecular flexibility index (Phi) is 5.68. The van der Waals surface area contributed by atoms with Crippen LogP contribution >= 0.6 is 11.6 Å². The standard InChI is InChI=1S/C25H32ClFN2O5S/c26-25-10-15-5-16(11-25)9-24(8-15,13-25)14-34-22-7-21(27)20(6-19(22)17-1-2-17)23(31)28-35(32,33)29-4-3-18(30)12-29/h6-7,15-18,30H,1-5,8-14H2,(H,28,31)/t15?,16?,18-,24?,25?/m0/s1. The van der Waals surface area contributed by atoms with E-state index in [1.54, 1.807) is 0 Å². The molecule has 5 saturated carbocycles. The van der Waals surface area contributed by atoms with Crippen LogP contribution in [-0.2, 0) is 10.2 Å². The number of aliphatic hydroxyl groups is 1. The summed E-state index contributed by atoms with van der Waals surface area (Å²) in [5, 5.41) is 9.62. The van der Waals surface area contributed by atoms with Crippen molar-refractivity contribution in [1.29, 1.82) is 0 Å². The molecule has 7 rings (SSSR count). The van der Waals surface area contributed by atoms with Gasteiger partial charge in [-0.25, -0.2) is 9.11 Å². The molecule has 2 unspecified atom stereocenters. The number of hydrogen-bond donors (Lipinski definition) is 2. The predicted molar refractivity (Wildman–Crippen MR) is 128 cm³/mol. The number of halogens is 2. The smallest absolute Gasteiger partial charge is 0.304 e. The lowest BCUT2D eigenvalue weighted by Gasteiger charge is -2.59. The van der Waals surface area contributed by atoms with Gasteiger partial charge in [-0.1, -0.05) is 0 Å². The second kappa shape index (κ2) is 8.30. The van der Waals surface area contributed by atoms with Crippen LogP contribution in [0.5, 0.6) is 5.75 Å². The number of ether oxygens (including phenoxy) is 1. The minimum Gasteiger partial charge on any atom is -0.493 e. The summed E-state index contributed by atoms with van der Waals surface area (Å²) in [5.74, 6) is 0.0912. The van der Waals surface area contributed by atoms with Gasteiger partial charge < -0.3 is 9.84 Å². The number of nitrogens with one attached hydrogen (secondary N) is 1. The van der Waals surface area contributed by atoms with Gasteiger partial charge in [0.25, 0.3) is 5.91 Å². The Balaban J connectivity index is 1.20. The van der Waals surface area contributed by atoms with E-state index >= 15 is 4.39 Å². The van der Waals surface area contributed by atoms with E-state index < -0.39 is 28.0 Å². The Bertz CT molecular complexity index is 1140. The van der Waals surface area contributed by atoms with Crippen molar-refractivity contribution in [2.45, 2.75) is 74.7 Å². The third kappa shape index (κ3) is 4.58. The maximum absolute atomic E-state index is 15.1. The zero-order chi connectivity index (χ0) is 24.6. The van der Waals surface area contributed by atoms with Crippen molar-refractivity contribution in [2.24, 2.45) is 17.3 Å². The molecule has 1 amide bonds. The van der Waals surface area contributed by atoms with Crippen molar-refractivity contribution < 1.29 is 27.4 Å². The lowest BCUT2D eigenvalue weighted by Crippen LogP contribution is -2.55. The van der Waals surface area contributed by atoms with Crippen molar-refractivity contribution >= 4 is 27.7 Å². The van der Waals surface area contributed by atoms with Gasteiger partial charge in [-0.05, 0) is 87.2 Å². The molecule has 1 saturated heterocycles. The van der Waals surface area contributed by atoms with E-state index in [4.69, 9.17) is 16.3 Å². The van der Waals surface area contributed by atoms with E-state index in [2.05, 4.69) is 0 Å². The van der Waals surface area contributed by atoms with Crippen LogP contribution in [0.15, 0.2) is 12.1 Å². The van der Waals surface area contributed by atoms with Crippen molar-refractivity contribution in [3.63, 3.8) is 0 Å². The SMILES string of the molecule is O=C(NS(=O)(=O)N1CC[C@H](O)C1)c1cc(C2CC2)c(OCC23CC4CC(CC(Cl)(C4)C2)C3)cc1F. The molecule has 4 bridgehead atoms. The van der Waals surface area contributed by atoms with E-state index in [1.165, 1.54) is 18.6 Å². The first-order valence-corrected chi connectivity index (χ1v) is 14.5. The number of benzene rings is 1. The van der Waals surface area contributed by atoms with Gasteiger partial charge in [-0.2, -0.15) is 12.7 Å². The molecule has 1 heterocycles. The van der Waals surface area contributed by atoms with Crippen molar-refractivity contribution in [1.82, 2.24) is 9.03 Å². The number of nitrogens with zero attached hydrogens (tertiary/aromatic N) is 1. The number of carbonyl (C=O) groups is 1. The summed E-state index contributed by atoms with van der Waals surface area (Å²) in [6, 6.07) is 2.69. The zero-order valence-corrected chi connectivity index (χ0v) is 21.2. The number of rotatable bonds is 7. The molecule has 0 spiro atoms. The van der Waals surface area contributed by atoms with E-state index in [1.807, 2.05) is 4.72 Å². The average Bonchev–Trinajstić information content (AvgIpc) is 3.49. The summed E-state index contributed by atoms with van der Waals surface area (Å²) in [4.78, 5) is 12.6. The molecule has 7 nitrogen and oxygen atoms in total. The van der Waals surface area contributed by atoms with Crippen LogP contribution in [0.25, 0.3) is 0 Å². The zero-order valence-electron chi connectivity index (χ0n) is 19.6. The Labute approximate surface area is 210 Å². The Hall–Kier alpha value is -1.42.